The van der Waals surface area contributed by atoms with E-state index in [0.717, 1.165) is 12.0 Å². The van der Waals surface area contributed by atoms with Crippen molar-refractivity contribution >= 4 is 29.5 Å². The van der Waals surface area contributed by atoms with Crippen LogP contribution in [0, 0.1) is 35.5 Å². The van der Waals surface area contributed by atoms with Crippen LogP contribution in [0.3, 0.4) is 0 Å². The fourth-order valence-corrected chi connectivity index (χ4v) is 11.6. The van der Waals surface area contributed by atoms with Crippen molar-refractivity contribution in [3.8, 4) is 0 Å². The summed E-state index contributed by atoms with van der Waals surface area (Å²) in [5, 5.41) is 44.0. The summed E-state index contributed by atoms with van der Waals surface area (Å²) >= 11 is 0. The van der Waals surface area contributed by atoms with Gasteiger partial charge in [-0.25, -0.2) is 9.59 Å². The second kappa shape index (κ2) is 27.0. The lowest BCUT2D eigenvalue weighted by atomic mass is 9.78. The molecule has 5 aliphatic rings. The standard InChI is InChI=1S/C55H87N3O13/c1-34-15-11-10-12-16-36(3)44(58-26-25-56(27-28-59)54(58)66)33-42-21-19-40(7)55(67,71-42)51(63)52(64)57-24-14-13-17-43(57)53(65)70-46(37(4)31-41-20-22-45(60)47(32-41)68-8)23-18-35(2)30-39(6)49(62)50(69-9)48(61)38(5)29-34/h10-12,15-16,30,34-35,37-38,40-47,49-50,59-60,62,67H,13-14,17-29,31-33H2,1-9H3/b12-10+,15-11+,36-16+,39-30+/t34-,35+,37-,38-,40-,41+,42+,43+,44?,45-,46+,47-,49-,50+,55-/m1/s1. The van der Waals surface area contributed by atoms with Crippen molar-refractivity contribution in [2.45, 2.75) is 186 Å². The molecule has 3 amide bonds. The molecule has 16 heteroatoms. The summed E-state index contributed by atoms with van der Waals surface area (Å²) in [4.78, 5) is 75.5. The first-order valence-electron chi connectivity index (χ1n) is 26.5. The Morgan fingerprint density at radius 3 is 2.24 bits per heavy atom. The number of esters is 1. The second-order valence-corrected chi connectivity index (χ2v) is 21.7. The topological polar surface area (TPSA) is 213 Å². The first kappa shape index (κ1) is 58.1. The van der Waals surface area contributed by atoms with Gasteiger partial charge in [0.1, 0.15) is 24.4 Å². The molecule has 1 saturated carbocycles. The third-order valence-electron chi connectivity index (χ3n) is 16.1. The van der Waals surface area contributed by atoms with Gasteiger partial charge in [-0.2, -0.15) is 0 Å². The van der Waals surface area contributed by atoms with Gasteiger partial charge in [-0.15, -0.1) is 0 Å². The third-order valence-corrected chi connectivity index (χ3v) is 16.1. The molecule has 1 aliphatic carbocycles. The van der Waals surface area contributed by atoms with Crippen LogP contribution >= 0.6 is 0 Å². The number of aliphatic hydroxyl groups is 4. The SMILES string of the molecule is CO[C@@H]1C[C@H](C[C@@H](C)[C@@H]2CC[C@H](C)/C=C(\C)[C@@H](O)[C@@H](OC)C(=O)[C@H](C)C[C@H](C)/C=C/C=C/C=C(\C)C(N3CCN(CCO)C3=O)C[C@@H]3CC[C@@H](C)[C@@](O)(O3)C(=O)C(=O)N3CCCC[C@H]3C(=O)O2)CC[C@H]1O. The highest BCUT2D eigenvalue weighted by molar-refractivity contribution is 6.39. The molecule has 4 fully saturated rings. The molecule has 15 atom stereocenters. The van der Waals surface area contributed by atoms with Crippen LogP contribution < -0.4 is 0 Å². The zero-order valence-corrected chi connectivity index (χ0v) is 44.1. The number of ketones is 2. The molecule has 1 unspecified atom stereocenters. The number of nitrogens with zero attached hydrogens (tertiary/aromatic N) is 3. The minimum absolute atomic E-state index is 0.00832. The normalized spacial score (nSPS) is 39.2. The summed E-state index contributed by atoms with van der Waals surface area (Å²) in [7, 11) is 3.03. The number of amides is 3. The lowest BCUT2D eigenvalue weighted by molar-refractivity contribution is -0.264. The van der Waals surface area contributed by atoms with Crippen LogP contribution in [0.4, 0.5) is 4.79 Å². The smallest absolute Gasteiger partial charge is 0.329 e. The van der Waals surface area contributed by atoms with Crippen LogP contribution in [0.5, 0.6) is 0 Å². The molecule has 0 aromatic heterocycles. The zero-order valence-electron chi connectivity index (χ0n) is 44.1. The first-order valence-corrected chi connectivity index (χ1v) is 26.5. The van der Waals surface area contributed by atoms with Crippen LogP contribution in [0.2, 0.25) is 0 Å². The molecule has 4 heterocycles. The van der Waals surface area contributed by atoms with Gasteiger partial charge in [-0.05, 0) is 127 Å². The van der Waals surface area contributed by atoms with Gasteiger partial charge >= 0.3 is 12.0 Å². The van der Waals surface area contributed by atoms with Gasteiger partial charge in [-0.3, -0.25) is 14.4 Å². The molecule has 5 rings (SSSR count). The number of urea groups is 1. The Balaban J connectivity index is 1.49. The molecule has 400 valence electrons. The molecule has 16 nitrogen and oxygen atoms in total. The molecular weight excluding hydrogens is 911 g/mol. The van der Waals surface area contributed by atoms with Crippen LogP contribution in [-0.2, 0) is 38.1 Å². The molecule has 0 spiro atoms. The fourth-order valence-electron chi connectivity index (χ4n) is 11.6. The van der Waals surface area contributed by atoms with Gasteiger partial charge in [0, 0.05) is 52.2 Å². The van der Waals surface area contributed by atoms with E-state index in [1.54, 1.807) is 30.8 Å². The van der Waals surface area contributed by atoms with Gasteiger partial charge in [0.05, 0.1) is 31.0 Å². The summed E-state index contributed by atoms with van der Waals surface area (Å²) in [6.45, 7) is 14.2. The van der Waals surface area contributed by atoms with E-state index in [2.05, 4.69) is 0 Å². The predicted octanol–water partition coefficient (Wildman–Crippen LogP) is 6.09. The molecule has 71 heavy (non-hydrogen) atoms. The van der Waals surface area contributed by atoms with E-state index >= 15 is 0 Å². The van der Waals surface area contributed by atoms with Crippen molar-refractivity contribution in [2.24, 2.45) is 35.5 Å². The van der Waals surface area contributed by atoms with Crippen LogP contribution in [0.15, 0.2) is 47.6 Å². The number of piperidine rings is 1. The maximum absolute atomic E-state index is 14.5. The van der Waals surface area contributed by atoms with Crippen molar-refractivity contribution < 1.29 is 63.3 Å². The lowest BCUT2D eigenvalue weighted by Crippen LogP contribution is -2.61. The minimum atomic E-state index is -2.49. The minimum Gasteiger partial charge on any atom is -0.461 e. The number of hydrogen-bond donors (Lipinski definition) is 4. The van der Waals surface area contributed by atoms with Crippen molar-refractivity contribution in [2.75, 3.05) is 47.0 Å². The van der Waals surface area contributed by atoms with Crippen molar-refractivity contribution in [1.29, 1.82) is 0 Å². The monoisotopic (exact) mass is 998 g/mol. The van der Waals surface area contributed by atoms with E-state index in [-0.39, 0.29) is 74.1 Å². The molecule has 4 aliphatic heterocycles. The highest BCUT2D eigenvalue weighted by Crippen LogP contribution is 2.38. The van der Waals surface area contributed by atoms with E-state index in [1.165, 1.54) is 12.0 Å². The number of aliphatic hydroxyl groups excluding tert-OH is 3. The Hall–Kier alpha value is -3.77. The fraction of sp³-hybridized carbons (Fsp3) is 0.764. The predicted molar refractivity (Wildman–Crippen MR) is 268 cm³/mol. The second-order valence-electron chi connectivity index (χ2n) is 21.7. The highest BCUT2D eigenvalue weighted by Gasteiger charge is 2.53. The molecule has 0 radical (unpaired) electrons. The van der Waals surface area contributed by atoms with Crippen molar-refractivity contribution in [3.63, 3.8) is 0 Å². The number of methoxy groups -OCH3 is 2. The van der Waals surface area contributed by atoms with E-state index in [0.29, 0.717) is 82.9 Å². The van der Waals surface area contributed by atoms with Crippen molar-refractivity contribution in [1.82, 2.24) is 14.7 Å². The molecule has 0 aromatic rings. The molecular formula is C55H87N3O13. The number of fused-ring (bicyclic) bond motifs is 3. The number of carbonyl (C=O) groups excluding carboxylic acids is 5. The van der Waals surface area contributed by atoms with E-state index in [4.69, 9.17) is 18.9 Å². The summed E-state index contributed by atoms with van der Waals surface area (Å²) in [5.74, 6) is -6.63. The summed E-state index contributed by atoms with van der Waals surface area (Å²) in [6, 6.07) is -1.83. The summed E-state index contributed by atoms with van der Waals surface area (Å²) in [6.07, 6.45) is 13.9. The molecule has 2 bridgehead atoms. The Kier molecular flexibility index (Phi) is 22.1. The summed E-state index contributed by atoms with van der Waals surface area (Å²) < 4.78 is 24.0. The van der Waals surface area contributed by atoms with Crippen molar-refractivity contribution in [3.05, 3.63) is 47.6 Å². The Morgan fingerprint density at radius 1 is 0.789 bits per heavy atom. The van der Waals surface area contributed by atoms with Gasteiger partial charge in [-0.1, -0.05) is 76.6 Å². The number of allylic oxidation sites excluding steroid dienone is 6. The first-order chi connectivity index (χ1) is 33.7. The maximum Gasteiger partial charge on any atom is 0.329 e. The maximum atomic E-state index is 14.5. The third kappa shape index (κ3) is 14.9. The van der Waals surface area contributed by atoms with E-state index in [1.807, 2.05) is 71.1 Å². The quantitative estimate of drug-likeness (QED) is 0.123. The number of β-amino-alcohol motifs (C(OH)–C–C–N with tert-alkyl or cyclic N) is 1. The van der Waals surface area contributed by atoms with Gasteiger partial charge < -0.3 is 54.1 Å². The molecule has 4 N–H and O–H groups in total. The van der Waals surface area contributed by atoms with Gasteiger partial charge in [0.25, 0.3) is 11.7 Å². The molecule has 3 saturated heterocycles. The molecule has 0 aromatic carbocycles. The van der Waals surface area contributed by atoms with E-state index in [9.17, 15) is 44.4 Å². The number of carbonyl (C=O) groups is 5. The average Bonchev–Trinajstić information content (AvgIpc) is 3.70. The van der Waals surface area contributed by atoms with Crippen LogP contribution in [0.1, 0.15) is 132 Å². The Bertz CT molecular complexity index is 1940. The number of hydrogen-bond acceptors (Lipinski definition) is 13. The number of rotatable bonds is 8. The van der Waals surface area contributed by atoms with Gasteiger partial charge in [0.15, 0.2) is 5.78 Å². The average molecular weight is 998 g/mol. The largest absolute Gasteiger partial charge is 0.461 e. The van der Waals surface area contributed by atoms with Gasteiger partial charge in [0.2, 0.25) is 5.79 Å². The number of cyclic esters (lactones) is 1. The van der Waals surface area contributed by atoms with E-state index < -0.39 is 77.9 Å². The summed E-state index contributed by atoms with van der Waals surface area (Å²) in [5.41, 5.74) is 1.41. The Labute approximate surface area is 422 Å². The number of Topliss-reactive ketones (excluding diaryl/α,β-unsaturated/α-hetero) is 2. The lowest BCUT2D eigenvalue weighted by Gasteiger charge is -2.43. The Morgan fingerprint density at radius 2 is 1.54 bits per heavy atom. The van der Waals surface area contributed by atoms with Crippen LogP contribution in [-0.4, -0.2) is 166 Å². The van der Waals surface area contributed by atoms with Crippen LogP contribution in [0.25, 0.3) is 0 Å². The number of ether oxygens (including phenoxy) is 4. The highest BCUT2D eigenvalue weighted by atomic mass is 16.6. The zero-order chi connectivity index (χ0) is 52.2.